The standard InChI is InChI=1S/C17H17F3O/c1-12(2)9-13-5-3-6-14(10-13)15-7-4-8-16(11-15)21-17(18,19)20/h3-8,10-12H,9H2,1-2H3. The summed E-state index contributed by atoms with van der Waals surface area (Å²) in [5.41, 5.74) is 2.77. The fourth-order valence-corrected chi connectivity index (χ4v) is 2.22. The van der Waals surface area contributed by atoms with Crippen molar-refractivity contribution in [3.05, 3.63) is 54.1 Å². The summed E-state index contributed by atoms with van der Waals surface area (Å²) in [6, 6.07) is 13.9. The summed E-state index contributed by atoms with van der Waals surface area (Å²) >= 11 is 0. The lowest BCUT2D eigenvalue weighted by Crippen LogP contribution is -2.17. The van der Waals surface area contributed by atoms with Gasteiger partial charge >= 0.3 is 6.36 Å². The molecule has 0 fully saturated rings. The molecule has 21 heavy (non-hydrogen) atoms. The van der Waals surface area contributed by atoms with Gasteiger partial charge in [-0.1, -0.05) is 50.2 Å². The first-order valence-electron chi connectivity index (χ1n) is 6.78. The van der Waals surface area contributed by atoms with Crippen molar-refractivity contribution in [1.29, 1.82) is 0 Å². The van der Waals surface area contributed by atoms with Crippen LogP contribution in [0, 0.1) is 5.92 Å². The van der Waals surface area contributed by atoms with Gasteiger partial charge in [0.25, 0.3) is 0 Å². The van der Waals surface area contributed by atoms with Crippen molar-refractivity contribution in [3.8, 4) is 16.9 Å². The Bertz CT molecular complexity index is 603. The Morgan fingerprint density at radius 3 is 2.19 bits per heavy atom. The zero-order valence-electron chi connectivity index (χ0n) is 11.9. The van der Waals surface area contributed by atoms with Gasteiger partial charge in [-0.25, -0.2) is 0 Å². The summed E-state index contributed by atoms with van der Waals surface area (Å²) in [5, 5.41) is 0. The van der Waals surface area contributed by atoms with E-state index in [1.54, 1.807) is 12.1 Å². The zero-order chi connectivity index (χ0) is 15.5. The molecule has 0 aliphatic rings. The first-order valence-corrected chi connectivity index (χ1v) is 6.78. The van der Waals surface area contributed by atoms with E-state index >= 15 is 0 Å². The zero-order valence-corrected chi connectivity index (χ0v) is 11.9. The monoisotopic (exact) mass is 294 g/mol. The Hall–Kier alpha value is -1.97. The SMILES string of the molecule is CC(C)Cc1cccc(-c2cccc(OC(F)(F)F)c2)c1. The minimum Gasteiger partial charge on any atom is -0.406 e. The van der Waals surface area contributed by atoms with E-state index in [0.29, 0.717) is 11.5 Å². The molecule has 0 bridgehead atoms. The molecular weight excluding hydrogens is 277 g/mol. The van der Waals surface area contributed by atoms with Crippen molar-refractivity contribution in [3.63, 3.8) is 0 Å². The number of hydrogen-bond donors (Lipinski definition) is 0. The number of benzene rings is 2. The molecule has 0 aliphatic carbocycles. The largest absolute Gasteiger partial charge is 0.573 e. The first-order chi connectivity index (χ1) is 9.83. The Labute approximate surface area is 122 Å². The second-order valence-corrected chi connectivity index (χ2v) is 5.37. The van der Waals surface area contributed by atoms with Crippen molar-refractivity contribution in [1.82, 2.24) is 0 Å². The summed E-state index contributed by atoms with van der Waals surface area (Å²) in [4.78, 5) is 0. The van der Waals surface area contributed by atoms with Crippen molar-refractivity contribution in [2.75, 3.05) is 0 Å². The fraction of sp³-hybridized carbons (Fsp3) is 0.294. The molecular formula is C17H17F3O. The lowest BCUT2D eigenvalue weighted by molar-refractivity contribution is -0.274. The molecule has 0 unspecified atom stereocenters. The van der Waals surface area contributed by atoms with E-state index in [2.05, 4.69) is 18.6 Å². The molecule has 2 aromatic carbocycles. The van der Waals surface area contributed by atoms with Gasteiger partial charge in [0.15, 0.2) is 0 Å². The van der Waals surface area contributed by atoms with E-state index in [1.807, 2.05) is 24.3 Å². The van der Waals surface area contributed by atoms with Crippen LogP contribution < -0.4 is 4.74 Å². The molecule has 0 spiro atoms. The summed E-state index contributed by atoms with van der Waals surface area (Å²) in [5.74, 6) is 0.328. The summed E-state index contributed by atoms with van der Waals surface area (Å²) in [6.07, 6.45) is -3.73. The molecule has 4 heteroatoms. The van der Waals surface area contributed by atoms with Crippen LogP contribution in [-0.4, -0.2) is 6.36 Å². The topological polar surface area (TPSA) is 9.23 Å². The lowest BCUT2D eigenvalue weighted by Gasteiger charge is -2.11. The van der Waals surface area contributed by atoms with Gasteiger partial charge in [-0.3, -0.25) is 0 Å². The van der Waals surface area contributed by atoms with Crippen LogP contribution in [-0.2, 0) is 6.42 Å². The molecule has 112 valence electrons. The van der Waals surface area contributed by atoms with Crippen LogP contribution in [0.4, 0.5) is 13.2 Å². The minimum absolute atomic E-state index is 0.200. The van der Waals surface area contributed by atoms with Gasteiger partial charge in [-0.2, -0.15) is 0 Å². The Kier molecular flexibility index (Phi) is 4.56. The van der Waals surface area contributed by atoms with Crippen LogP contribution >= 0.6 is 0 Å². The van der Waals surface area contributed by atoms with E-state index < -0.39 is 6.36 Å². The van der Waals surface area contributed by atoms with E-state index in [4.69, 9.17) is 0 Å². The van der Waals surface area contributed by atoms with Crippen molar-refractivity contribution < 1.29 is 17.9 Å². The van der Waals surface area contributed by atoms with Gasteiger partial charge in [-0.15, -0.1) is 13.2 Å². The van der Waals surface area contributed by atoms with Crippen molar-refractivity contribution in [2.24, 2.45) is 5.92 Å². The number of halogens is 3. The predicted molar refractivity (Wildman–Crippen MR) is 77.1 cm³/mol. The first kappa shape index (κ1) is 15.4. The van der Waals surface area contributed by atoms with Crippen LogP contribution in [0.15, 0.2) is 48.5 Å². The highest BCUT2D eigenvalue weighted by atomic mass is 19.4. The van der Waals surface area contributed by atoms with Crippen LogP contribution in [0.3, 0.4) is 0 Å². The second-order valence-electron chi connectivity index (χ2n) is 5.37. The molecule has 0 atom stereocenters. The third kappa shape index (κ3) is 4.81. The van der Waals surface area contributed by atoms with Crippen LogP contribution in [0.5, 0.6) is 5.75 Å². The third-order valence-corrected chi connectivity index (χ3v) is 2.97. The fourth-order valence-electron chi connectivity index (χ4n) is 2.22. The molecule has 2 aromatic rings. The predicted octanol–water partition coefficient (Wildman–Crippen LogP) is 5.45. The van der Waals surface area contributed by atoms with Crippen LogP contribution in [0.25, 0.3) is 11.1 Å². The van der Waals surface area contributed by atoms with E-state index in [-0.39, 0.29) is 5.75 Å². The van der Waals surface area contributed by atoms with Gasteiger partial charge < -0.3 is 4.74 Å². The number of ether oxygens (including phenoxy) is 1. The average molecular weight is 294 g/mol. The molecule has 1 nitrogen and oxygen atoms in total. The quantitative estimate of drug-likeness (QED) is 0.728. The van der Waals surface area contributed by atoms with Crippen molar-refractivity contribution in [2.45, 2.75) is 26.6 Å². The van der Waals surface area contributed by atoms with Gasteiger partial charge in [-0.05, 0) is 41.2 Å². The smallest absolute Gasteiger partial charge is 0.406 e. The van der Waals surface area contributed by atoms with E-state index in [0.717, 1.165) is 12.0 Å². The molecule has 0 saturated heterocycles. The lowest BCUT2D eigenvalue weighted by atomic mass is 9.98. The molecule has 0 amide bonds. The number of alkyl halides is 3. The van der Waals surface area contributed by atoms with Gasteiger partial charge in [0.05, 0.1) is 0 Å². The molecule has 0 radical (unpaired) electrons. The highest BCUT2D eigenvalue weighted by molar-refractivity contribution is 5.65. The second kappa shape index (κ2) is 6.20. The average Bonchev–Trinajstić information content (AvgIpc) is 2.36. The maximum Gasteiger partial charge on any atom is 0.573 e. The molecule has 0 heterocycles. The molecule has 0 N–H and O–H groups in total. The Morgan fingerprint density at radius 2 is 1.57 bits per heavy atom. The van der Waals surface area contributed by atoms with Gasteiger partial charge in [0, 0.05) is 0 Å². The molecule has 0 aromatic heterocycles. The number of rotatable bonds is 4. The van der Waals surface area contributed by atoms with Gasteiger partial charge in [0.2, 0.25) is 0 Å². The van der Waals surface area contributed by atoms with Crippen molar-refractivity contribution >= 4 is 0 Å². The van der Waals surface area contributed by atoms with Gasteiger partial charge in [0.1, 0.15) is 5.75 Å². The highest BCUT2D eigenvalue weighted by Gasteiger charge is 2.31. The van der Waals surface area contributed by atoms with E-state index in [9.17, 15) is 13.2 Å². The van der Waals surface area contributed by atoms with E-state index in [1.165, 1.54) is 17.7 Å². The summed E-state index contributed by atoms with van der Waals surface area (Å²) in [7, 11) is 0. The maximum atomic E-state index is 12.3. The number of hydrogen-bond acceptors (Lipinski definition) is 1. The third-order valence-electron chi connectivity index (χ3n) is 2.97. The normalized spacial score (nSPS) is 11.7. The molecule has 2 rings (SSSR count). The molecule has 0 aliphatic heterocycles. The maximum absolute atomic E-state index is 12.3. The highest BCUT2D eigenvalue weighted by Crippen LogP contribution is 2.28. The Balaban J connectivity index is 2.27. The van der Waals surface area contributed by atoms with Crippen LogP contribution in [0.2, 0.25) is 0 Å². The Morgan fingerprint density at radius 1 is 0.952 bits per heavy atom. The summed E-state index contributed by atoms with van der Waals surface area (Å²) < 4.78 is 40.7. The summed E-state index contributed by atoms with van der Waals surface area (Å²) in [6.45, 7) is 4.26. The minimum atomic E-state index is -4.67. The molecule has 0 saturated carbocycles. The van der Waals surface area contributed by atoms with Crippen LogP contribution in [0.1, 0.15) is 19.4 Å².